The number of rotatable bonds is 4. The van der Waals surface area contributed by atoms with E-state index in [4.69, 9.17) is 9.16 Å². The lowest BCUT2D eigenvalue weighted by Crippen LogP contribution is -2.29. The van der Waals surface area contributed by atoms with Crippen molar-refractivity contribution in [1.82, 2.24) is 0 Å². The highest BCUT2D eigenvalue weighted by molar-refractivity contribution is 9.10. The van der Waals surface area contributed by atoms with Crippen molar-refractivity contribution < 1.29 is 14.0 Å². The number of carbonyl (C=O) groups is 1. The average molecular weight is 303 g/mol. The van der Waals surface area contributed by atoms with Gasteiger partial charge < -0.3 is 9.16 Å². The molecule has 0 bridgehead atoms. The van der Waals surface area contributed by atoms with Gasteiger partial charge in [0, 0.05) is 10.0 Å². The highest BCUT2D eigenvalue weighted by Gasteiger charge is 2.19. The fraction of sp³-hybridized carbons (Fsp3) is 0.364. The Morgan fingerprint density at radius 2 is 1.88 bits per heavy atom. The summed E-state index contributed by atoms with van der Waals surface area (Å²) in [5, 5.41) is 0. The molecular weight excluding hydrogens is 288 g/mol. The summed E-state index contributed by atoms with van der Waals surface area (Å²) >= 11 is 3.33. The minimum absolute atomic E-state index is 0.555. The van der Waals surface area contributed by atoms with Crippen LogP contribution in [0.25, 0.3) is 0 Å². The van der Waals surface area contributed by atoms with Crippen LogP contribution in [0.2, 0.25) is 19.6 Å². The van der Waals surface area contributed by atoms with Gasteiger partial charge in [-0.15, -0.1) is 0 Å². The lowest BCUT2D eigenvalue weighted by atomic mass is 10.2. The van der Waals surface area contributed by atoms with Gasteiger partial charge in [-0.1, -0.05) is 0 Å². The molecule has 1 aromatic carbocycles. The summed E-state index contributed by atoms with van der Waals surface area (Å²) in [7, 11) is -0.121. The Balaban J connectivity index is 3.18. The molecule has 0 aliphatic carbocycles. The molecule has 0 saturated heterocycles. The van der Waals surface area contributed by atoms with Crippen molar-refractivity contribution in [3.05, 3.63) is 22.2 Å². The molecule has 0 atom stereocenters. The first-order valence-corrected chi connectivity index (χ1v) is 9.09. The van der Waals surface area contributed by atoms with Gasteiger partial charge in [0.05, 0.1) is 7.11 Å². The molecule has 0 heterocycles. The van der Waals surface area contributed by atoms with Crippen LogP contribution < -0.4 is 9.16 Å². The van der Waals surface area contributed by atoms with Crippen LogP contribution in [-0.2, 0) is 0 Å². The van der Waals surface area contributed by atoms with Gasteiger partial charge >= 0.3 is 0 Å². The number of methoxy groups -OCH3 is 1. The van der Waals surface area contributed by atoms with Crippen molar-refractivity contribution in [3.8, 4) is 11.5 Å². The van der Waals surface area contributed by atoms with E-state index in [2.05, 4.69) is 35.6 Å². The number of carbonyl (C=O) groups excluding carboxylic acids is 1. The molecule has 0 radical (unpaired) electrons. The summed E-state index contributed by atoms with van der Waals surface area (Å²) in [5.41, 5.74) is 0.555. The number of ether oxygens (including phenoxy) is 1. The highest BCUT2D eigenvalue weighted by Crippen LogP contribution is 2.34. The molecule has 0 unspecified atom stereocenters. The van der Waals surface area contributed by atoms with Crippen LogP contribution in [-0.4, -0.2) is 21.7 Å². The SMILES string of the molecule is COc1cc(C=O)c(Br)cc1O[Si](C)(C)C. The van der Waals surface area contributed by atoms with Crippen molar-refractivity contribution in [1.29, 1.82) is 0 Å². The van der Waals surface area contributed by atoms with Crippen LogP contribution in [0.4, 0.5) is 0 Å². The first kappa shape index (κ1) is 13.3. The Hall–Kier alpha value is -0.813. The second-order valence-electron chi connectivity index (χ2n) is 4.36. The Morgan fingerprint density at radius 3 is 2.31 bits per heavy atom. The summed E-state index contributed by atoms with van der Waals surface area (Å²) in [4.78, 5) is 10.8. The molecular formula is C11H15BrO3Si. The monoisotopic (exact) mass is 302 g/mol. The maximum absolute atomic E-state index is 10.8. The molecule has 0 spiro atoms. The van der Waals surface area contributed by atoms with Gasteiger partial charge in [0.25, 0.3) is 0 Å². The maximum Gasteiger partial charge on any atom is 0.242 e. The lowest BCUT2D eigenvalue weighted by Gasteiger charge is -2.21. The predicted octanol–water partition coefficient (Wildman–Crippen LogP) is 3.48. The molecule has 5 heteroatoms. The molecule has 0 amide bonds. The number of benzene rings is 1. The van der Waals surface area contributed by atoms with Crippen LogP contribution in [0, 0.1) is 0 Å². The second kappa shape index (κ2) is 5.01. The highest BCUT2D eigenvalue weighted by atomic mass is 79.9. The zero-order valence-corrected chi connectivity index (χ0v) is 12.4. The molecule has 0 aliphatic rings. The van der Waals surface area contributed by atoms with E-state index in [1.54, 1.807) is 19.2 Å². The second-order valence-corrected chi connectivity index (χ2v) is 9.64. The molecule has 1 rings (SSSR count). The van der Waals surface area contributed by atoms with Crippen molar-refractivity contribution >= 4 is 30.5 Å². The molecule has 88 valence electrons. The number of hydrogen-bond donors (Lipinski definition) is 0. The Bertz CT molecular complexity index is 399. The largest absolute Gasteiger partial charge is 0.542 e. The molecule has 1 aromatic rings. The first-order chi connectivity index (χ1) is 7.37. The van der Waals surface area contributed by atoms with Gasteiger partial charge in [-0.2, -0.15) is 0 Å². The Kier molecular flexibility index (Phi) is 4.15. The molecule has 3 nitrogen and oxygen atoms in total. The van der Waals surface area contributed by atoms with E-state index in [1.807, 2.05) is 0 Å². The molecule has 0 saturated carbocycles. The van der Waals surface area contributed by atoms with Crippen LogP contribution in [0.3, 0.4) is 0 Å². The Morgan fingerprint density at radius 1 is 1.25 bits per heavy atom. The standard InChI is InChI=1S/C11H15BrO3Si/c1-14-10-5-8(7-13)9(12)6-11(10)15-16(2,3)4/h5-7H,1-4H3. The fourth-order valence-electron chi connectivity index (χ4n) is 1.21. The minimum Gasteiger partial charge on any atom is -0.542 e. The van der Waals surface area contributed by atoms with Crippen LogP contribution >= 0.6 is 15.9 Å². The fourth-order valence-corrected chi connectivity index (χ4v) is 2.45. The van der Waals surface area contributed by atoms with Gasteiger partial charge in [-0.05, 0) is 47.7 Å². The molecule has 0 aromatic heterocycles. The van der Waals surface area contributed by atoms with Crippen molar-refractivity contribution in [3.63, 3.8) is 0 Å². The molecule has 0 fully saturated rings. The third-order valence-electron chi connectivity index (χ3n) is 1.83. The van der Waals surface area contributed by atoms with E-state index < -0.39 is 8.32 Å². The van der Waals surface area contributed by atoms with Gasteiger partial charge in [0.2, 0.25) is 8.32 Å². The van der Waals surface area contributed by atoms with E-state index in [0.29, 0.717) is 17.1 Å². The van der Waals surface area contributed by atoms with Gasteiger partial charge in [0.1, 0.15) is 5.75 Å². The van der Waals surface area contributed by atoms with Crippen molar-refractivity contribution in [2.75, 3.05) is 7.11 Å². The van der Waals surface area contributed by atoms with Crippen molar-refractivity contribution in [2.24, 2.45) is 0 Å². The number of hydrogen-bond acceptors (Lipinski definition) is 3. The third kappa shape index (κ3) is 3.35. The molecule has 16 heavy (non-hydrogen) atoms. The van der Waals surface area contributed by atoms with Gasteiger partial charge in [0.15, 0.2) is 12.0 Å². The summed E-state index contributed by atoms with van der Waals surface area (Å²) in [6.07, 6.45) is 0.783. The summed E-state index contributed by atoms with van der Waals surface area (Å²) in [5.74, 6) is 1.27. The zero-order valence-electron chi connectivity index (χ0n) is 9.83. The van der Waals surface area contributed by atoms with E-state index in [0.717, 1.165) is 10.8 Å². The molecule has 0 N–H and O–H groups in total. The van der Waals surface area contributed by atoms with E-state index in [1.165, 1.54) is 0 Å². The van der Waals surface area contributed by atoms with Crippen LogP contribution in [0.15, 0.2) is 16.6 Å². The Labute approximate surface area is 105 Å². The average Bonchev–Trinajstić information content (AvgIpc) is 2.16. The normalized spacial score (nSPS) is 11.1. The number of aldehydes is 1. The van der Waals surface area contributed by atoms with E-state index in [9.17, 15) is 4.79 Å². The van der Waals surface area contributed by atoms with E-state index in [-0.39, 0.29) is 0 Å². The van der Waals surface area contributed by atoms with Crippen LogP contribution in [0.1, 0.15) is 10.4 Å². The predicted molar refractivity (Wildman–Crippen MR) is 70.1 cm³/mol. The third-order valence-corrected chi connectivity index (χ3v) is 3.35. The minimum atomic E-state index is -1.69. The van der Waals surface area contributed by atoms with Crippen LogP contribution in [0.5, 0.6) is 11.5 Å². The van der Waals surface area contributed by atoms with Gasteiger partial charge in [-0.25, -0.2) is 0 Å². The first-order valence-electron chi connectivity index (χ1n) is 4.89. The van der Waals surface area contributed by atoms with Crippen molar-refractivity contribution in [2.45, 2.75) is 19.6 Å². The molecule has 0 aliphatic heterocycles. The number of halogens is 1. The topological polar surface area (TPSA) is 35.5 Å². The summed E-state index contributed by atoms with van der Waals surface area (Å²) in [6, 6.07) is 3.45. The smallest absolute Gasteiger partial charge is 0.242 e. The lowest BCUT2D eigenvalue weighted by molar-refractivity contribution is 0.112. The van der Waals surface area contributed by atoms with Gasteiger partial charge in [-0.3, -0.25) is 4.79 Å². The zero-order chi connectivity index (χ0) is 12.3. The van der Waals surface area contributed by atoms with E-state index >= 15 is 0 Å². The summed E-state index contributed by atoms with van der Waals surface area (Å²) in [6.45, 7) is 6.27. The summed E-state index contributed by atoms with van der Waals surface area (Å²) < 4.78 is 11.8. The maximum atomic E-state index is 10.8. The quantitative estimate of drug-likeness (QED) is 0.631.